The van der Waals surface area contributed by atoms with Crippen LogP contribution in [0.15, 0.2) is 6.07 Å². The number of hydrogen-bond donors (Lipinski definition) is 2. The Morgan fingerprint density at radius 3 is 2.74 bits per heavy atom. The number of ether oxygens (including phenoxy) is 1. The first-order valence-electron chi connectivity index (χ1n) is 6.77. The van der Waals surface area contributed by atoms with E-state index < -0.39 is 0 Å². The lowest BCUT2D eigenvalue weighted by molar-refractivity contribution is 0.178. The van der Waals surface area contributed by atoms with E-state index in [1.165, 1.54) is 24.3 Å². The Hall–Kier alpha value is -1.01. The van der Waals surface area contributed by atoms with Gasteiger partial charge in [0.25, 0.3) is 0 Å². The zero-order valence-corrected chi connectivity index (χ0v) is 12.4. The highest BCUT2D eigenvalue weighted by atomic mass is 32.2. The Morgan fingerprint density at radius 1 is 1.32 bits per heavy atom. The molecular weight excluding hydrogens is 260 g/mol. The molecule has 0 spiro atoms. The van der Waals surface area contributed by atoms with Crippen molar-refractivity contribution in [3.8, 4) is 0 Å². The highest BCUT2D eigenvalue weighted by Gasteiger charge is 2.14. The summed E-state index contributed by atoms with van der Waals surface area (Å²) in [4.78, 5) is 8.92. The van der Waals surface area contributed by atoms with Gasteiger partial charge in [-0.05, 0) is 31.3 Å². The molecule has 0 radical (unpaired) electrons. The Labute approximate surface area is 118 Å². The molecule has 19 heavy (non-hydrogen) atoms. The fraction of sp³-hybridized carbons (Fsp3) is 0.692. The number of hydrogen-bond acceptors (Lipinski definition) is 6. The van der Waals surface area contributed by atoms with Crippen molar-refractivity contribution in [1.82, 2.24) is 9.97 Å². The van der Waals surface area contributed by atoms with Gasteiger partial charge in [-0.3, -0.25) is 0 Å². The van der Waals surface area contributed by atoms with Crippen molar-refractivity contribution in [2.24, 2.45) is 0 Å². The second-order valence-corrected chi connectivity index (χ2v) is 5.77. The number of aromatic nitrogens is 2. The van der Waals surface area contributed by atoms with Gasteiger partial charge in [0.15, 0.2) is 5.82 Å². The molecule has 0 bridgehead atoms. The average Bonchev–Trinajstić information content (AvgIpc) is 2.40. The normalized spacial score (nSPS) is 16.3. The van der Waals surface area contributed by atoms with E-state index >= 15 is 0 Å². The van der Waals surface area contributed by atoms with Gasteiger partial charge in [0.05, 0.1) is 0 Å². The van der Waals surface area contributed by atoms with Gasteiger partial charge in [-0.2, -0.15) is 11.8 Å². The monoisotopic (exact) mass is 282 g/mol. The van der Waals surface area contributed by atoms with E-state index in [1.54, 1.807) is 7.11 Å². The van der Waals surface area contributed by atoms with Gasteiger partial charge >= 0.3 is 0 Å². The number of thioether (sulfide) groups is 1. The van der Waals surface area contributed by atoms with Crippen LogP contribution in [0.5, 0.6) is 0 Å². The van der Waals surface area contributed by atoms with E-state index in [1.807, 2.05) is 17.8 Å². The number of nitrogens with one attached hydrogen (secondary N) is 2. The molecular formula is C13H22N4OS. The first kappa shape index (κ1) is 14.4. The zero-order chi connectivity index (χ0) is 13.5. The van der Waals surface area contributed by atoms with Crippen LogP contribution in [0.1, 0.15) is 25.6 Å². The zero-order valence-electron chi connectivity index (χ0n) is 11.6. The van der Waals surface area contributed by atoms with Crippen molar-refractivity contribution < 1.29 is 4.74 Å². The first-order chi connectivity index (χ1) is 9.31. The van der Waals surface area contributed by atoms with Crippen molar-refractivity contribution in [3.63, 3.8) is 0 Å². The van der Waals surface area contributed by atoms with E-state index in [9.17, 15) is 0 Å². The molecule has 0 atom stereocenters. The molecule has 0 unspecified atom stereocenters. The average molecular weight is 282 g/mol. The number of anilines is 2. The highest BCUT2D eigenvalue weighted by molar-refractivity contribution is 7.99. The van der Waals surface area contributed by atoms with Crippen molar-refractivity contribution in [1.29, 1.82) is 0 Å². The second kappa shape index (κ2) is 7.55. The van der Waals surface area contributed by atoms with Gasteiger partial charge in [-0.25, -0.2) is 9.97 Å². The largest absolute Gasteiger partial charge is 0.377 e. The summed E-state index contributed by atoms with van der Waals surface area (Å²) in [6, 6.07) is 2.51. The maximum atomic E-state index is 5.12. The molecule has 106 valence electrons. The minimum atomic E-state index is 0.439. The van der Waals surface area contributed by atoms with Gasteiger partial charge in [-0.1, -0.05) is 0 Å². The van der Waals surface area contributed by atoms with Crippen LogP contribution in [0.25, 0.3) is 0 Å². The second-order valence-electron chi connectivity index (χ2n) is 4.55. The molecule has 0 aromatic carbocycles. The molecule has 1 aromatic heterocycles. The van der Waals surface area contributed by atoms with Gasteiger partial charge < -0.3 is 15.4 Å². The molecule has 0 aliphatic carbocycles. The molecule has 1 aromatic rings. The van der Waals surface area contributed by atoms with Gasteiger partial charge in [0.1, 0.15) is 18.2 Å². The quantitative estimate of drug-likeness (QED) is 0.835. The third kappa shape index (κ3) is 4.54. The first-order valence-corrected chi connectivity index (χ1v) is 7.92. The molecule has 2 heterocycles. The summed E-state index contributed by atoms with van der Waals surface area (Å²) >= 11 is 2.03. The summed E-state index contributed by atoms with van der Waals surface area (Å²) < 4.78 is 5.12. The highest BCUT2D eigenvalue weighted by Crippen LogP contribution is 2.21. The lowest BCUT2D eigenvalue weighted by atomic mass is 10.1. The van der Waals surface area contributed by atoms with Gasteiger partial charge in [-0.15, -0.1) is 0 Å². The third-order valence-corrected chi connectivity index (χ3v) is 4.03. The Morgan fingerprint density at radius 2 is 2.05 bits per heavy atom. The molecule has 1 aliphatic heterocycles. The predicted molar refractivity (Wildman–Crippen MR) is 80.9 cm³/mol. The van der Waals surface area contributed by atoms with Crippen LogP contribution in [-0.4, -0.2) is 41.2 Å². The van der Waals surface area contributed by atoms with E-state index in [-0.39, 0.29) is 0 Å². The van der Waals surface area contributed by atoms with Crippen LogP contribution >= 0.6 is 11.8 Å². The number of rotatable bonds is 6. The Kier molecular flexibility index (Phi) is 5.72. The maximum Gasteiger partial charge on any atom is 0.158 e. The summed E-state index contributed by atoms with van der Waals surface area (Å²) in [5.74, 6) is 4.93. The molecule has 2 rings (SSSR count). The van der Waals surface area contributed by atoms with Gasteiger partial charge in [0.2, 0.25) is 0 Å². The smallest absolute Gasteiger partial charge is 0.158 e. The fourth-order valence-corrected chi connectivity index (χ4v) is 3.19. The van der Waals surface area contributed by atoms with E-state index in [0.717, 1.165) is 18.2 Å². The van der Waals surface area contributed by atoms with Crippen LogP contribution in [0, 0.1) is 0 Å². The van der Waals surface area contributed by atoms with Crippen molar-refractivity contribution in [2.45, 2.75) is 32.4 Å². The summed E-state index contributed by atoms with van der Waals surface area (Å²) in [6.07, 6.45) is 2.40. The van der Waals surface area contributed by atoms with Crippen molar-refractivity contribution >= 4 is 23.4 Å². The topological polar surface area (TPSA) is 59.1 Å². The van der Waals surface area contributed by atoms with Crippen molar-refractivity contribution in [2.75, 3.05) is 35.8 Å². The van der Waals surface area contributed by atoms with Crippen LogP contribution in [0.4, 0.5) is 11.6 Å². The maximum absolute atomic E-state index is 5.12. The van der Waals surface area contributed by atoms with Crippen LogP contribution in [0.3, 0.4) is 0 Å². The molecule has 2 N–H and O–H groups in total. The summed E-state index contributed by atoms with van der Waals surface area (Å²) in [7, 11) is 1.66. The molecule has 1 fully saturated rings. The molecule has 1 aliphatic rings. The Bertz CT molecular complexity index is 372. The van der Waals surface area contributed by atoms with E-state index in [4.69, 9.17) is 4.74 Å². The molecule has 0 saturated carbocycles. The number of methoxy groups -OCH3 is 1. The van der Waals surface area contributed by atoms with Crippen LogP contribution in [0.2, 0.25) is 0 Å². The van der Waals surface area contributed by atoms with Crippen molar-refractivity contribution in [3.05, 3.63) is 11.9 Å². The van der Waals surface area contributed by atoms with E-state index in [0.29, 0.717) is 18.5 Å². The lowest BCUT2D eigenvalue weighted by Crippen LogP contribution is -2.25. The molecule has 5 nitrogen and oxygen atoms in total. The third-order valence-electron chi connectivity index (χ3n) is 2.98. The summed E-state index contributed by atoms with van der Waals surface area (Å²) in [5, 5.41) is 6.75. The standard InChI is InChI=1S/C13H22N4OS/c1-3-14-11-8-12(17-13(16-11)9-18-2)15-10-4-6-19-7-5-10/h8,10H,3-7,9H2,1-2H3,(H2,14,15,16,17). The summed E-state index contributed by atoms with van der Waals surface area (Å²) in [6.45, 7) is 3.35. The molecule has 0 amide bonds. The van der Waals surface area contributed by atoms with Gasteiger partial charge in [0, 0.05) is 25.8 Å². The number of nitrogens with zero attached hydrogens (tertiary/aromatic N) is 2. The lowest BCUT2D eigenvalue weighted by Gasteiger charge is -2.23. The molecule has 6 heteroatoms. The minimum absolute atomic E-state index is 0.439. The fourth-order valence-electron chi connectivity index (χ4n) is 2.09. The van der Waals surface area contributed by atoms with Crippen LogP contribution in [-0.2, 0) is 11.3 Å². The molecule has 1 saturated heterocycles. The SMILES string of the molecule is CCNc1cc(NC2CCSCC2)nc(COC)n1. The van der Waals surface area contributed by atoms with Crippen LogP contribution < -0.4 is 10.6 Å². The Balaban J connectivity index is 2.08. The summed E-state index contributed by atoms with van der Waals surface area (Å²) in [5.41, 5.74) is 0. The minimum Gasteiger partial charge on any atom is -0.377 e. The predicted octanol–water partition coefficient (Wildman–Crippen LogP) is 2.36. The van der Waals surface area contributed by atoms with E-state index in [2.05, 4.69) is 27.5 Å².